The largest absolute Gasteiger partial charge is 0.310 e. The molecule has 4 aliphatic rings. The summed E-state index contributed by atoms with van der Waals surface area (Å²) in [5, 5.41) is 0. The fraction of sp³-hybridized carbons (Fsp3) is 0.154. The molecule has 0 atom stereocenters. The summed E-state index contributed by atoms with van der Waals surface area (Å²) in [5.74, 6) is 0. The van der Waals surface area contributed by atoms with Crippen LogP contribution in [0.4, 0.5) is 34.1 Å². The van der Waals surface area contributed by atoms with Crippen molar-refractivity contribution in [1.82, 2.24) is 0 Å². The maximum Gasteiger partial charge on any atom is 0.0467 e. The zero-order valence-corrected chi connectivity index (χ0v) is 47.0. The molecule has 0 unspecified atom stereocenters. The van der Waals surface area contributed by atoms with Gasteiger partial charge < -0.3 is 9.80 Å². The number of benzene rings is 11. The highest BCUT2D eigenvalue weighted by Crippen LogP contribution is 2.56. The van der Waals surface area contributed by atoms with Crippen molar-refractivity contribution in [2.45, 2.75) is 77.0 Å². The number of rotatable bonds is 8. The second-order valence-electron chi connectivity index (χ2n) is 25.0. The van der Waals surface area contributed by atoms with Gasteiger partial charge in [-0.3, -0.25) is 0 Å². The van der Waals surface area contributed by atoms with E-state index in [1.807, 2.05) is 0 Å². The lowest BCUT2D eigenvalue weighted by Gasteiger charge is -2.30. The molecule has 0 aromatic heterocycles. The first-order valence-corrected chi connectivity index (χ1v) is 28.6. The van der Waals surface area contributed by atoms with Crippen LogP contribution in [-0.4, -0.2) is 0 Å². The van der Waals surface area contributed by atoms with Crippen molar-refractivity contribution in [3.05, 3.63) is 287 Å². The predicted octanol–water partition coefficient (Wildman–Crippen LogP) is 21.2. The highest BCUT2D eigenvalue weighted by atomic mass is 15.1. The summed E-state index contributed by atoms with van der Waals surface area (Å²) in [6, 6.07) is 91.7. The Morgan fingerprint density at radius 1 is 0.188 bits per heavy atom. The molecule has 0 saturated carbocycles. The fourth-order valence-corrected chi connectivity index (χ4v) is 14.7. The summed E-state index contributed by atoms with van der Waals surface area (Å²) in [4.78, 5) is 4.92. The average molecular weight is 1030 g/mol. The normalized spacial score (nSPS) is 15.4. The first-order chi connectivity index (χ1) is 38.7. The highest BCUT2D eigenvalue weighted by molar-refractivity contribution is 5.92. The Morgan fingerprint density at radius 3 is 0.838 bits per heavy atom. The average Bonchev–Trinajstić information content (AvgIpc) is 4.24. The van der Waals surface area contributed by atoms with Crippen molar-refractivity contribution in [3.63, 3.8) is 0 Å². The molecule has 0 radical (unpaired) electrons. The van der Waals surface area contributed by atoms with E-state index in [-0.39, 0.29) is 21.7 Å². The minimum atomic E-state index is -0.230. The Balaban J connectivity index is 0.784. The Morgan fingerprint density at radius 2 is 0.450 bits per heavy atom. The van der Waals surface area contributed by atoms with Crippen LogP contribution < -0.4 is 9.80 Å². The molecule has 0 fully saturated rings. The number of para-hydroxylation sites is 1. The van der Waals surface area contributed by atoms with Gasteiger partial charge in [-0.25, -0.2) is 0 Å². The zero-order chi connectivity index (χ0) is 54.5. The van der Waals surface area contributed by atoms with Gasteiger partial charge in [-0.1, -0.05) is 213 Å². The molecule has 11 aromatic rings. The third kappa shape index (κ3) is 7.04. The molecule has 386 valence electrons. The molecule has 0 bridgehead atoms. The van der Waals surface area contributed by atoms with Crippen LogP contribution >= 0.6 is 0 Å². The van der Waals surface area contributed by atoms with Crippen molar-refractivity contribution >= 4 is 34.1 Å². The summed E-state index contributed by atoms with van der Waals surface area (Å²) in [6.45, 7) is 19.1. The van der Waals surface area contributed by atoms with Crippen molar-refractivity contribution in [2.75, 3.05) is 9.80 Å². The monoisotopic (exact) mass is 1030 g/mol. The Hall–Kier alpha value is -8.98. The van der Waals surface area contributed by atoms with E-state index >= 15 is 0 Å². The van der Waals surface area contributed by atoms with Crippen LogP contribution in [0.5, 0.6) is 0 Å². The van der Waals surface area contributed by atoms with Gasteiger partial charge in [0.1, 0.15) is 0 Å². The second kappa shape index (κ2) is 17.3. The molecule has 11 aromatic carbocycles. The number of anilines is 6. The number of fused-ring (bicyclic) bond motifs is 12. The third-order valence-electron chi connectivity index (χ3n) is 19.0. The third-order valence-corrected chi connectivity index (χ3v) is 19.0. The van der Waals surface area contributed by atoms with Crippen LogP contribution in [0.2, 0.25) is 0 Å². The molecule has 0 spiro atoms. The minimum Gasteiger partial charge on any atom is -0.310 e. The van der Waals surface area contributed by atoms with Gasteiger partial charge in [0.05, 0.1) is 0 Å². The molecular weight excluding hydrogens is 965 g/mol. The van der Waals surface area contributed by atoms with E-state index in [2.05, 4.69) is 308 Å². The van der Waals surface area contributed by atoms with E-state index in [1.54, 1.807) is 0 Å². The van der Waals surface area contributed by atoms with Gasteiger partial charge in [0.25, 0.3) is 0 Å². The van der Waals surface area contributed by atoms with Gasteiger partial charge in [0, 0.05) is 55.8 Å². The topological polar surface area (TPSA) is 6.48 Å². The molecule has 0 amide bonds. The van der Waals surface area contributed by atoms with Gasteiger partial charge in [-0.05, 0) is 196 Å². The molecule has 0 aliphatic heterocycles. The predicted molar refractivity (Wildman–Crippen MR) is 337 cm³/mol. The molecule has 2 nitrogen and oxygen atoms in total. The van der Waals surface area contributed by atoms with Crippen molar-refractivity contribution in [2.24, 2.45) is 0 Å². The van der Waals surface area contributed by atoms with E-state index in [1.165, 1.54) is 111 Å². The van der Waals surface area contributed by atoms with Crippen LogP contribution in [0, 0.1) is 0 Å². The summed E-state index contributed by atoms with van der Waals surface area (Å²) < 4.78 is 0. The second-order valence-corrected chi connectivity index (χ2v) is 25.0. The number of hydrogen-bond acceptors (Lipinski definition) is 2. The van der Waals surface area contributed by atoms with Crippen molar-refractivity contribution in [1.29, 1.82) is 0 Å². The highest BCUT2D eigenvalue weighted by Gasteiger charge is 2.40. The van der Waals surface area contributed by atoms with Crippen LogP contribution in [0.1, 0.15) is 99.9 Å². The lowest BCUT2D eigenvalue weighted by molar-refractivity contribution is 0.660. The molecule has 0 N–H and O–H groups in total. The zero-order valence-electron chi connectivity index (χ0n) is 47.0. The smallest absolute Gasteiger partial charge is 0.0467 e. The van der Waals surface area contributed by atoms with Gasteiger partial charge in [0.2, 0.25) is 0 Å². The van der Waals surface area contributed by atoms with E-state index in [0.717, 1.165) is 34.1 Å². The Kier molecular flexibility index (Phi) is 10.4. The van der Waals surface area contributed by atoms with Gasteiger partial charge in [0.15, 0.2) is 0 Å². The molecule has 4 aliphatic carbocycles. The Bertz CT molecular complexity index is 4270. The van der Waals surface area contributed by atoms with E-state index in [4.69, 9.17) is 0 Å². The van der Waals surface area contributed by atoms with Gasteiger partial charge in [-0.2, -0.15) is 0 Å². The van der Waals surface area contributed by atoms with Crippen LogP contribution in [0.3, 0.4) is 0 Å². The van der Waals surface area contributed by atoms with Crippen LogP contribution in [0.25, 0.3) is 66.8 Å². The van der Waals surface area contributed by atoms with E-state index in [9.17, 15) is 0 Å². The van der Waals surface area contributed by atoms with Crippen molar-refractivity contribution < 1.29 is 0 Å². The van der Waals surface area contributed by atoms with Gasteiger partial charge >= 0.3 is 0 Å². The molecule has 0 heterocycles. The number of hydrogen-bond donors (Lipinski definition) is 0. The lowest BCUT2D eigenvalue weighted by Crippen LogP contribution is -2.18. The fourth-order valence-electron chi connectivity index (χ4n) is 14.7. The Labute approximate surface area is 472 Å². The van der Waals surface area contributed by atoms with Crippen LogP contribution in [0.15, 0.2) is 243 Å². The maximum atomic E-state index is 2.50. The SMILES string of the molecule is CC1(C)c2cc(-c3cccc(N(c4ccccc4)c4ccc5c(c4)C(C)(C)c4ccccc4-5)c3)ccc2-c2ccc(-c3cccc(N(c4ccc5c(c4)C(C)(C)c4ccccc4-5)c4ccc5c(c4)C(C)(C)c4ccccc4-5)c3)cc21. The first kappa shape index (κ1) is 48.2. The molecule has 15 rings (SSSR count). The molecule has 0 saturated heterocycles. The quantitative estimate of drug-likeness (QED) is 0.150. The molecule has 2 heteroatoms. The van der Waals surface area contributed by atoms with Crippen LogP contribution in [-0.2, 0) is 21.7 Å². The van der Waals surface area contributed by atoms with Crippen molar-refractivity contribution in [3.8, 4) is 66.8 Å². The summed E-state index contributed by atoms with van der Waals surface area (Å²) in [5.41, 5.74) is 32.7. The molecular formula is C78H64N2. The maximum absolute atomic E-state index is 2.50. The van der Waals surface area contributed by atoms with E-state index < -0.39 is 0 Å². The molecule has 80 heavy (non-hydrogen) atoms. The first-order valence-electron chi connectivity index (χ1n) is 28.6. The standard InChI is InChI=1S/C78H64N2/c1-75(2)67-29-15-12-26-59(67)64-39-34-56(46-72(64)75)79(53-22-10-9-11-23-53)54-24-18-20-49(42-54)51-32-37-62-63-38-33-52(45-71(63)78(7,8)70(62)44-51)50-21-19-25-55(43-50)80(57-35-40-65-60-27-13-16-30-68(60)76(3,4)73(65)47-57)58-36-41-66-61-28-14-17-31-69(61)77(5,6)74(66)48-58/h9-48H,1-8H3. The minimum absolute atomic E-state index is 0.100. The lowest BCUT2D eigenvalue weighted by atomic mass is 9.80. The number of nitrogens with zero attached hydrogens (tertiary/aromatic N) is 2. The summed E-state index contributed by atoms with van der Waals surface area (Å²) >= 11 is 0. The summed E-state index contributed by atoms with van der Waals surface area (Å²) in [6.07, 6.45) is 0. The van der Waals surface area contributed by atoms with E-state index in [0.29, 0.717) is 0 Å². The summed E-state index contributed by atoms with van der Waals surface area (Å²) in [7, 11) is 0. The van der Waals surface area contributed by atoms with Gasteiger partial charge in [-0.15, -0.1) is 0 Å².